The normalized spacial score (nSPS) is 11.2. The third kappa shape index (κ3) is 3.38. The summed E-state index contributed by atoms with van der Waals surface area (Å²) in [6.07, 6.45) is 0. The van der Waals surface area contributed by atoms with Crippen molar-refractivity contribution < 1.29 is 14.4 Å². The van der Waals surface area contributed by atoms with Crippen molar-refractivity contribution in [2.45, 2.75) is 0 Å². The van der Waals surface area contributed by atoms with Crippen LogP contribution < -0.4 is 11.1 Å². The van der Waals surface area contributed by atoms with E-state index in [1.807, 2.05) is 0 Å². The molecule has 0 saturated carbocycles. The number of amidine groups is 1. The van der Waals surface area contributed by atoms with Crippen molar-refractivity contribution in [2.75, 3.05) is 5.32 Å². The lowest BCUT2D eigenvalue weighted by Crippen LogP contribution is -2.17. The first-order valence-corrected chi connectivity index (χ1v) is 6.65. The van der Waals surface area contributed by atoms with Crippen LogP contribution in [-0.4, -0.2) is 17.0 Å². The number of halogens is 2. The number of nitrogens with one attached hydrogen (secondary N) is 1. The molecule has 0 radical (unpaired) electrons. The fraction of sp³-hybridized carbons (Fsp3) is 0. The van der Waals surface area contributed by atoms with Gasteiger partial charge in [-0.3, -0.25) is 4.79 Å². The van der Waals surface area contributed by atoms with Gasteiger partial charge >= 0.3 is 0 Å². The maximum absolute atomic E-state index is 13.7. The number of nitrogens with two attached hydrogens (primary N) is 1. The minimum Gasteiger partial charge on any atom is -0.409 e. The van der Waals surface area contributed by atoms with Crippen LogP contribution in [0.5, 0.6) is 0 Å². The van der Waals surface area contributed by atoms with E-state index in [2.05, 4.69) is 26.4 Å². The lowest BCUT2D eigenvalue weighted by Gasteiger charge is -2.09. The monoisotopic (exact) mass is 351 g/mol. The molecule has 2 aromatic rings. The van der Waals surface area contributed by atoms with Crippen molar-refractivity contribution in [2.24, 2.45) is 10.9 Å². The zero-order valence-electron chi connectivity index (χ0n) is 10.7. The summed E-state index contributed by atoms with van der Waals surface area (Å²) in [5.41, 5.74) is 6.16. The van der Waals surface area contributed by atoms with Gasteiger partial charge in [-0.25, -0.2) is 4.39 Å². The molecule has 0 fully saturated rings. The molecule has 21 heavy (non-hydrogen) atoms. The molecule has 0 spiro atoms. The summed E-state index contributed by atoms with van der Waals surface area (Å²) >= 11 is 3.17. The van der Waals surface area contributed by atoms with Gasteiger partial charge < -0.3 is 16.3 Å². The molecule has 0 aromatic heterocycles. The van der Waals surface area contributed by atoms with Crippen molar-refractivity contribution in [3.05, 3.63) is 63.9 Å². The second-order valence-electron chi connectivity index (χ2n) is 4.12. The first kappa shape index (κ1) is 15.0. The average Bonchev–Trinajstić information content (AvgIpc) is 2.50. The van der Waals surface area contributed by atoms with Gasteiger partial charge in [0.2, 0.25) is 0 Å². The maximum atomic E-state index is 13.7. The van der Waals surface area contributed by atoms with Crippen LogP contribution in [0.2, 0.25) is 0 Å². The van der Waals surface area contributed by atoms with Crippen LogP contribution in [0.15, 0.2) is 52.1 Å². The molecule has 108 valence electrons. The molecule has 0 bridgehead atoms. The molecule has 0 atom stereocenters. The molecule has 0 aliphatic rings. The summed E-state index contributed by atoms with van der Waals surface area (Å²) in [7, 11) is 0. The summed E-state index contributed by atoms with van der Waals surface area (Å²) in [6, 6.07) is 10.5. The number of carbonyl (C=O) groups is 1. The van der Waals surface area contributed by atoms with E-state index in [1.165, 1.54) is 24.3 Å². The molecule has 0 saturated heterocycles. The fourth-order valence-corrected chi connectivity index (χ4v) is 2.12. The molecule has 4 N–H and O–H groups in total. The van der Waals surface area contributed by atoms with Crippen LogP contribution in [0.4, 0.5) is 10.1 Å². The summed E-state index contributed by atoms with van der Waals surface area (Å²) < 4.78 is 14.1. The van der Waals surface area contributed by atoms with Crippen molar-refractivity contribution in [1.29, 1.82) is 0 Å². The number of para-hydroxylation sites is 1. The highest BCUT2D eigenvalue weighted by Gasteiger charge is 2.13. The maximum Gasteiger partial charge on any atom is 0.255 e. The SMILES string of the molecule is N/C(=N/O)c1cccc(C(=O)Nc2c(F)cccc2Br)c1. The number of oxime groups is 1. The van der Waals surface area contributed by atoms with E-state index >= 15 is 0 Å². The van der Waals surface area contributed by atoms with E-state index in [9.17, 15) is 9.18 Å². The first-order valence-electron chi connectivity index (χ1n) is 5.86. The van der Waals surface area contributed by atoms with Crippen molar-refractivity contribution in [3.8, 4) is 0 Å². The summed E-state index contributed by atoms with van der Waals surface area (Å²) in [4.78, 5) is 12.1. The molecular formula is C14H11BrFN3O2. The Balaban J connectivity index is 2.29. The van der Waals surface area contributed by atoms with Gasteiger partial charge in [0.05, 0.1) is 5.69 Å². The van der Waals surface area contributed by atoms with Gasteiger partial charge in [-0.05, 0) is 40.2 Å². The molecule has 5 nitrogen and oxygen atoms in total. The Bertz CT molecular complexity index is 699. The molecule has 0 unspecified atom stereocenters. The van der Waals surface area contributed by atoms with E-state index in [4.69, 9.17) is 10.9 Å². The predicted molar refractivity (Wildman–Crippen MR) is 81.0 cm³/mol. The number of nitrogens with zero attached hydrogens (tertiary/aromatic N) is 1. The predicted octanol–water partition coefficient (Wildman–Crippen LogP) is 2.94. The van der Waals surface area contributed by atoms with Gasteiger partial charge in [0.15, 0.2) is 5.84 Å². The van der Waals surface area contributed by atoms with E-state index in [0.29, 0.717) is 10.0 Å². The number of carbonyl (C=O) groups excluding carboxylic acids is 1. The van der Waals surface area contributed by atoms with E-state index < -0.39 is 11.7 Å². The Morgan fingerprint density at radius 3 is 2.57 bits per heavy atom. The number of amides is 1. The third-order valence-electron chi connectivity index (χ3n) is 2.73. The van der Waals surface area contributed by atoms with Crippen molar-refractivity contribution in [1.82, 2.24) is 0 Å². The number of benzene rings is 2. The zero-order chi connectivity index (χ0) is 15.4. The van der Waals surface area contributed by atoms with Crippen LogP contribution in [0.3, 0.4) is 0 Å². The lowest BCUT2D eigenvalue weighted by atomic mass is 10.1. The summed E-state index contributed by atoms with van der Waals surface area (Å²) in [5, 5.41) is 14.0. The van der Waals surface area contributed by atoms with Crippen LogP contribution in [0.25, 0.3) is 0 Å². The van der Waals surface area contributed by atoms with E-state index in [0.717, 1.165) is 0 Å². The highest BCUT2D eigenvalue weighted by Crippen LogP contribution is 2.25. The van der Waals surface area contributed by atoms with Crippen molar-refractivity contribution >= 4 is 33.4 Å². The first-order chi connectivity index (χ1) is 10.0. The summed E-state index contributed by atoms with van der Waals surface area (Å²) in [6.45, 7) is 0. The molecular weight excluding hydrogens is 341 g/mol. The van der Waals surface area contributed by atoms with Crippen molar-refractivity contribution in [3.63, 3.8) is 0 Å². The van der Waals surface area contributed by atoms with Gasteiger partial charge in [0.25, 0.3) is 5.91 Å². The second kappa shape index (κ2) is 6.36. The van der Waals surface area contributed by atoms with Gasteiger partial charge in [-0.15, -0.1) is 0 Å². The Morgan fingerprint density at radius 1 is 1.24 bits per heavy atom. The minimum atomic E-state index is -0.551. The zero-order valence-corrected chi connectivity index (χ0v) is 12.3. The van der Waals surface area contributed by atoms with Gasteiger partial charge in [-0.2, -0.15) is 0 Å². The largest absolute Gasteiger partial charge is 0.409 e. The standard InChI is InChI=1S/C14H11BrFN3O2/c15-10-5-2-6-11(16)12(10)18-14(20)9-4-1-3-8(7-9)13(17)19-21/h1-7,21H,(H2,17,19)(H,18,20). The number of hydrogen-bond donors (Lipinski definition) is 3. The van der Waals surface area contributed by atoms with Gasteiger partial charge in [0.1, 0.15) is 5.82 Å². The Labute approximate surface area is 128 Å². The Morgan fingerprint density at radius 2 is 1.90 bits per heavy atom. The molecule has 0 heterocycles. The smallest absolute Gasteiger partial charge is 0.255 e. The molecule has 0 aliphatic carbocycles. The van der Waals surface area contributed by atoms with Crippen LogP contribution in [-0.2, 0) is 0 Å². The summed E-state index contributed by atoms with van der Waals surface area (Å²) in [5.74, 6) is -1.17. The lowest BCUT2D eigenvalue weighted by molar-refractivity contribution is 0.102. The fourth-order valence-electron chi connectivity index (χ4n) is 1.68. The minimum absolute atomic E-state index is 0.0525. The third-order valence-corrected chi connectivity index (χ3v) is 3.39. The molecule has 0 aliphatic heterocycles. The topological polar surface area (TPSA) is 87.7 Å². The number of hydrogen-bond acceptors (Lipinski definition) is 3. The Hall–Kier alpha value is -2.41. The number of anilines is 1. The number of rotatable bonds is 3. The highest BCUT2D eigenvalue weighted by atomic mass is 79.9. The van der Waals surface area contributed by atoms with Crippen LogP contribution in [0.1, 0.15) is 15.9 Å². The Kier molecular flexibility index (Phi) is 4.54. The molecule has 2 rings (SSSR count). The van der Waals surface area contributed by atoms with Gasteiger partial charge in [-0.1, -0.05) is 23.4 Å². The molecule has 2 aromatic carbocycles. The molecule has 1 amide bonds. The quantitative estimate of drug-likeness (QED) is 0.344. The second-order valence-corrected chi connectivity index (χ2v) is 4.97. The molecule has 7 heteroatoms. The van der Waals surface area contributed by atoms with E-state index in [1.54, 1.807) is 18.2 Å². The average molecular weight is 352 g/mol. The van der Waals surface area contributed by atoms with E-state index in [-0.39, 0.29) is 17.1 Å². The highest BCUT2D eigenvalue weighted by molar-refractivity contribution is 9.10. The van der Waals surface area contributed by atoms with Crippen LogP contribution in [0, 0.1) is 5.82 Å². The van der Waals surface area contributed by atoms with Crippen LogP contribution >= 0.6 is 15.9 Å². The van der Waals surface area contributed by atoms with Gasteiger partial charge in [0, 0.05) is 15.6 Å².